The van der Waals surface area contributed by atoms with Gasteiger partial charge < -0.3 is 20.2 Å². The topological polar surface area (TPSA) is 151 Å². The molecular formula is C23H31N5O4S2. The van der Waals surface area contributed by atoms with Crippen LogP contribution in [0.5, 0.6) is 0 Å². The molecule has 2 aromatic rings. The lowest BCUT2D eigenvalue weighted by atomic mass is 9.93. The molecule has 0 bridgehead atoms. The third-order valence-electron chi connectivity index (χ3n) is 5.84. The van der Waals surface area contributed by atoms with Crippen LogP contribution in [0, 0.1) is 6.92 Å². The Hall–Kier alpha value is -2.44. The summed E-state index contributed by atoms with van der Waals surface area (Å²) < 4.78 is 25.3. The van der Waals surface area contributed by atoms with Crippen LogP contribution < -0.4 is 21.3 Å². The fraction of sp³-hybridized carbons (Fsp3) is 0.391. The van der Waals surface area contributed by atoms with Gasteiger partial charge >= 0.3 is 0 Å². The van der Waals surface area contributed by atoms with Crippen molar-refractivity contribution < 1.29 is 18.3 Å². The van der Waals surface area contributed by atoms with Gasteiger partial charge in [-0.25, -0.2) is 19.4 Å². The number of nitrogens with two attached hydrogens (primary N) is 2. The number of aliphatic hydroxyl groups is 1. The minimum atomic E-state index is -4.18. The Balaban J connectivity index is 2.19. The maximum Gasteiger partial charge on any atom is 0.238 e. The average molecular weight is 506 g/mol. The Morgan fingerprint density at radius 2 is 1.97 bits per heavy atom. The van der Waals surface area contributed by atoms with E-state index in [2.05, 4.69) is 15.3 Å². The van der Waals surface area contributed by atoms with Gasteiger partial charge in [0.1, 0.15) is 6.29 Å². The third-order valence-corrected chi connectivity index (χ3v) is 8.02. The number of hydrazine groups is 1. The molecule has 0 aromatic heterocycles. The zero-order valence-electron chi connectivity index (χ0n) is 19.2. The molecule has 34 heavy (non-hydrogen) atoms. The molecular weight excluding hydrogens is 474 g/mol. The Kier molecular flexibility index (Phi) is 9.09. The largest absolute Gasteiger partial charge is 0.392 e. The first-order chi connectivity index (χ1) is 16.3. The normalized spacial score (nSPS) is 14.6. The number of thioether (sulfide) groups is 1. The second kappa shape index (κ2) is 11.8. The number of primary sulfonamides is 1. The van der Waals surface area contributed by atoms with E-state index in [0.717, 1.165) is 53.2 Å². The van der Waals surface area contributed by atoms with Crippen molar-refractivity contribution in [1.29, 1.82) is 0 Å². The van der Waals surface area contributed by atoms with Gasteiger partial charge in [0, 0.05) is 52.4 Å². The standard InChI is InChI=1S/C23H31N5O4S2/c1-16-20(33-13-5-2-9-26-15-27-24)7-6-17-19(14-30)23(34(25,31)32)18(8-12-29)22(21(16)17)28-10-3-4-11-28/h2,5-7,12,15,30H,3-4,8-11,13-14,24H2,1H3,(H,26,27)(H2,25,31,32). The first-order valence-electron chi connectivity index (χ1n) is 11.0. The summed E-state index contributed by atoms with van der Waals surface area (Å²) in [6.07, 6.45) is 7.94. The van der Waals surface area contributed by atoms with Gasteiger partial charge in [-0.15, -0.1) is 11.8 Å². The smallest absolute Gasteiger partial charge is 0.238 e. The van der Waals surface area contributed by atoms with Gasteiger partial charge in [0.15, 0.2) is 0 Å². The summed E-state index contributed by atoms with van der Waals surface area (Å²) in [4.78, 5) is 18.7. The molecule has 1 fully saturated rings. The number of carbonyl (C=O) groups is 1. The molecule has 1 saturated heterocycles. The third kappa shape index (κ3) is 5.61. The second-order valence-electron chi connectivity index (χ2n) is 7.96. The van der Waals surface area contributed by atoms with Crippen LogP contribution in [0.2, 0.25) is 0 Å². The van der Waals surface area contributed by atoms with Crippen LogP contribution >= 0.6 is 11.8 Å². The summed E-state index contributed by atoms with van der Waals surface area (Å²) in [5, 5.41) is 17.3. The molecule has 0 atom stereocenters. The zero-order valence-corrected chi connectivity index (χ0v) is 20.8. The van der Waals surface area contributed by atoms with Gasteiger partial charge in [-0.05, 0) is 36.8 Å². The van der Waals surface area contributed by atoms with Crippen molar-refractivity contribution >= 4 is 50.9 Å². The van der Waals surface area contributed by atoms with Crippen LogP contribution in [-0.4, -0.2) is 51.5 Å². The number of hydrogen-bond donors (Lipinski definition) is 4. The Labute approximate surface area is 204 Å². The lowest BCUT2D eigenvalue weighted by Gasteiger charge is -2.28. The van der Waals surface area contributed by atoms with Crippen molar-refractivity contribution in [2.45, 2.75) is 42.6 Å². The lowest BCUT2D eigenvalue weighted by Crippen LogP contribution is -2.25. The number of aldehydes is 1. The van der Waals surface area contributed by atoms with Crippen molar-refractivity contribution in [3.63, 3.8) is 0 Å². The Morgan fingerprint density at radius 3 is 2.59 bits per heavy atom. The fourth-order valence-corrected chi connectivity index (χ4v) is 6.41. The number of carbonyl (C=O) groups excluding carboxylic acids is 1. The number of aryl methyl sites for hydroxylation is 1. The molecule has 0 spiro atoms. The summed E-state index contributed by atoms with van der Waals surface area (Å²) in [5.74, 6) is 5.86. The molecule has 6 N–H and O–H groups in total. The molecule has 1 heterocycles. The molecule has 0 unspecified atom stereocenters. The number of anilines is 1. The van der Waals surface area contributed by atoms with E-state index in [-0.39, 0.29) is 16.9 Å². The molecule has 9 nitrogen and oxygen atoms in total. The van der Waals surface area contributed by atoms with Gasteiger partial charge in [-0.2, -0.15) is 0 Å². The number of aliphatic imine (C=N–C) groups is 1. The van der Waals surface area contributed by atoms with Gasteiger partial charge in [-0.1, -0.05) is 18.2 Å². The monoisotopic (exact) mass is 505 g/mol. The van der Waals surface area contributed by atoms with E-state index in [1.54, 1.807) is 11.8 Å². The highest BCUT2D eigenvalue weighted by molar-refractivity contribution is 7.99. The molecule has 2 aromatic carbocycles. The maximum absolute atomic E-state index is 12.6. The number of benzene rings is 2. The van der Waals surface area contributed by atoms with Crippen LogP contribution in [0.15, 0.2) is 39.1 Å². The van der Waals surface area contributed by atoms with Gasteiger partial charge in [-0.3, -0.25) is 4.99 Å². The van der Waals surface area contributed by atoms with Gasteiger partial charge in [0.25, 0.3) is 0 Å². The van der Waals surface area contributed by atoms with E-state index in [0.29, 0.717) is 23.8 Å². The van der Waals surface area contributed by atoms with E-state index in [4.69, 9.17) is 11.0 Å². The number of fused-ring (bicyclic) bond motifs is 1. The number of aliphatic hydroxyl groups excluding tert-OH is 1. The summed E-state index contributed by atoms with van der Waals surface area (Å²) in [6, 6.07) is 3.78. The van der Waals surface area contributed by atoms with Crippen LogP contribution in [0.25, 0.3) is 10.8 Å². The lowest BCUT2D eigenvalue weighted by molar-refractivity contribution is -0.107. The zero-order chi connectivity index (χ0) is 24.7. The minimum absolute atomic E-state index is 0.0989. The van der Waals surface area contributed by atoms with Crippen LogP contribution in [0.3, 0.4) is 0 Å². The predicted octanol–water partition coefficient (Wildman–Crippen LogP) is 1.77. The highest BCUT2D eigenvalue weighted by Gasteiger charge is 2.30. The molecule has 184 valence electrons. The molecule has 1 aliphatic heterocycles. The molecule has 3 rings (SSSR count). The van der Waals surface area contributed by atoms with E-state index in [1.807, 2.05) is 31.2 Å². The van der Waals surface area contributed by atoms with Crippen LogP contribution in [-0.2, 0) is 27.8 Å². The van der Waals surface area contributed by atoms with Crippen LogP contribution in [0.1, 0.15) is 29.5 Å². The maximum atomic E-state index is 12.6. The number of hydrogen-bond acceptors (Lipinski definition) is 8. The van der Waals surface area contributed by atoms with Gasteiger partial charge in [0.2, 0.25) is 10.0 Å². The Bertz CT molecular complexity index is 1210. The van der Waals surface area contributed by atoms with Crippen molar-refractivity contribution in [3.05, 3.63) is 41.0 Å². The van der Waals surface area contributed by atoms with E-state index in [9.17, 15) is 18.3 Å². The first kappa shape index (κ1) is 26.2. The summed E-state index contributed by atoms with van der Waals surface area (Å²) in [7, 11) is -4.18. The molecule has 11 heteroatoms. The average Bonchev–Trinajstić information content (AvgIpc) is 3.33. The molecule has 0 saturated carbocycles. The molecule has 0 radical (unpaired) electrons. The number of nitrogens with zero attached hydrogens (tertiary/aromatic N) is 2. The van der Waals surface area contributed by atoms with Crippen LogP contribution in [0.4, 0.5) is 5.69 Å². The summed E-state index contributed by atoms with van der Waals surface area (Å²) >= 11 is 1.65. The molecule has 1 aliphatic rings. The molecule has 0 aliphatic carbocycles. The van der Waals surface area contributed by atoms with E-state index >= 15 is 0 Å². The molecule has 0 amide bonds. The number of rotatable bonds is 11. The van der Waals surface area contributed by atoms with Gasteiger partial charge in [0.05, 0.1) is 24.4 Å². The number of sulfonamides is 1. The summed E-state index contributed by atoms with van der Waals surface area (Å²) in [6.45, 7) is 3.54. The Morgan fingerprint density at radius 1 is 1.24 bits per heavy atom. The van der Waals surface area contributed by atoms with Crippen molar-refractivity contribution in [2.75, 3.05) is 30.3 Å². The SMILES string of the molecule is Cc1c(SCC=CCN=CNN)ccc2c(CO)c(S(N)(=O)=O)c(CC=O)c(N3CCCC3)c12. The second-order valence-corrected chi connectivity index (χ2v) is 10.5. The van der Waals surface area contributed by atoms with E-state index < -0.39 is 16.6 Å². The number of nitrogens with one attached hydrogen (secondary N) is 1. The quantitative estimate of drug-likeness (QED) is 0.0686. The van der Waals surface area contributed by atoms with E-state index in [1.165, 1.54) is 6.34 Å². The minimum Gasteiger partial charge on any atom is -0.392 e. The highest BCUT2D eigenvalue weighted by Crippen LogP contribution is 2.44. The fourth-order valence-electron chi connectivity index (χ4n) is 4.48. The highest BCUT2D eigenvalue weighted by atomic mass is 32.2. The predicted molar refractivity (Wildman–Crippen MR) is 138 cm³/mol. The summed E-state index contributed by atoms with van der Waals surface area (Å²) in [5.41, 5.74) is 4.67. The van der Waals surface area contributed by atoms with Crippen molar-refractivity contribution in [3.8, 4) is 0 Å². The van der Waals surface area contributed by atoms with Crippen molar-refractivity contribution in [1.82, 2.24) is 5.43 Å². The van der Waals surface area contributed by atoms with Crippen molar-refractivity contribution in [2.24, 2.45) is 16.0 Å². The first-order valence-corrected chi connectivity index (χ1v) is 13.5.